The van der Waals surface area contributed by atoms with Crippen LogP contribution in [0.25, 0.3) is 0 Å². The zero-order valence-corrected chi connectivity index (χ0v) is 12.6. The van der Waals surface area contributed by atoms with Crippen molar-refractivity contribution in [2.75, 3.05) is 13.1 Å². The average Bonchev–Trinajstić information content (AvgIpc) is 2.44. The predicted octanol–water partition coefficient (Wildman–Crippen LogP) is 3.37. The molecule has 1 aliphatic rings. The lowest BCUT2D eigenvalue weighted by atomic mass is 9.91. The SMILES string of the molecule is CCc1ccc(C(N)CN2CCCC(C)C2C)cc1. The van der Waals surface area contributed by atoms with Gasteiger partial charge in [0.1, 0.15) is 0 Å². The molecular formula is C17H28N2. The molecule has 2 rings (SSSR count). The van der Waals surface area contributed by atoms with Gasteiger partial charge in [0.15, 0.2) is 0 Å². The molecule has 1 aliphatic heterocycles. The first-order chi connectivity index (χ1) is 9.11. The van der Waals surface area contributed by atoms with Gasteiger partial charge >= 0.3 is 0 Å². The first kappa shape index (κ1) is 14.5. The van der Waals surface area contributed by atoms with E-state index in [1.54, 1.807) is 0 Å². The second-order valence-electron chi connectivity index (χ2n) is 6.06. The summed E-state index contributed by atoms with van der Waals surface area (Å²) in [4.78, 5) is 2.56. The molecule has 19 heavy (non-hydrogen) atoms. The van der Waals surface area contributed by atoms with E-state index in [-0.39, 0.29) is 6.04 Å². The van der Waals surface area contributed by atoms with Crippen molar-refractivity contribution in [2.24, 2.45) is 11.7 Å². The van der Waals surface area contributed by atoms with Gasteiger partial charge < -0.3 is 5.73 Å². The van der Waals surface area contributed by atoms with E-state index in [9.17, 15) is 0 Å². The molecule has 0 bridgehead atoms. The van der Waals surface area contributed by atoms with Crippen molar-refractivity contribution in [1.82, 2.24) is 4.90 Å². The van der Waals surface area contributed by atoms with E-state index in [2.05, 4.69) is 49.9 Å². The van der Waals surface area contributed by atoms with Crippen LogP contribution in [0.2, 0.25) is 0 Å². The molecule has 0 radical (unpaired) electrons. The van der Waals surface area contributed by atoms with Crippen LogP contribution in [0.5, 0.6) is 0 Å². The van der Waals surface area contributed by atoms with Gasteiger partial charge in [0.2, 0.25) is 0 Å². The molecule has 0 aliphatic carbocycles. The van der Waals surface area contributed by atoms with Gasteiger partial charge in [0, 0.05) is 18.6 Å². The van der Waals surface area contributed by atoms with Gasteiger partial charge in [-0.2, -0.15) is 0 Å². The monoisotopic (exact) mass is 260 g/mol. The maximum atomic E-state index is 6.38. The van der Waals surface area contributed by atoms with E-state index in [1.807, 2.05) is 0 Å². The maximum Gasteiger partial charge on any atom is 0.0424 e. The minimum atomic E-state index is 0.138. The Balaban J connectivity index is 1.97. The molecule has 0 saturated carbocycles. The van der Waals surface area contributed by atoms with E-state index < -0.39 is 0 Å². The number of hydrogen-bond acceptors (Lipinski definition) is 2. The van der Waals surface area contributed by atoms with E-state index in [0.717, 1.165) is 18.9 Å². The lowest BCUT2D eigenvalue weighted by molar-refractivity contribution is 0.107. The molecule has 1 fully saturated rings. The van der Waals surface area contributed by atoms with Crippen LogP contribution in [0.15, 0.2) is 24.3 Å². The molecule has 1 aromatic carbocycles. The summed E-state index contributed by atoms with van der Waals surface area (Å²) < 4.78 is 0. The number of nitrogens with zero attached hydrogens (tertiary/aromatic N) is 1. The third kappa shape index (κ3) is 3.58. The minimum absolute atomic E-state index is 0.138. The van der Waals surface area contributed by atoms with E-state index in [0.29, 0.717) is 6.04 Å². The van der Waals surface area contributed by atoms with Crippen molar-refractivity contribution in [2.45, 2.75) is 52.1 Å². The molecule has 106 valence electrons. The van der Waals surface area contributed by atoms with Gasteiger partial charge in [0.25, 0.3) is 0 Å². The van der Waals surface area contributed by atoms with Crippen molar-refractivity contribution in [1.29, 1.82) is 0 Å². The van der Waals surface area contributed by atoms with E-state index in [4.69, 9.17) is 5.73 Å². The van der Waals surface area contributed by atoms with Crippen LogP contribution in [-0.4, -0.2) is 24.0 Å². The zero-order valence-electron chi connectivity index (χ0n) is 12.6. The first-order valence-electron chi connectivity index (χ1n) is 7.70. The second kappa shape index (κ2) is 6.53. The van der Waals surface area contributed by atoms with Crippen LogP contribution >= 0.6 is 0 Å². The number of rotatable bonds is 4. The molecule has 3 unspecified atom stereocenters. The fourth-order valence-electron chi connectivity index (χ4n) is 3.04. The highest BCUT2D eigenvalue weighted by molar-refractivity contribution is 5.25. The Bertz CT molecular complexity index is 385. The molecule has 0 amide bonds. The quantitative estimate of drug-likeness (QED) is 0.899. The van der Waals surface area contributed by atoms with Gasteiger partial charge in [-0.15, -0.1) is 0 Å². The minimum Gasteiger partial charge on any atom is -0.323 e. The summed E-state index contributed by atoms with van der Waals surface area (Å²) in [5, 5.41) is 0. The standard InChI is InChI=1S/C17H28N2/c1-4-15-7-9-16(10-8-15)17(18)12-19-11-5-6-13(2)14(19)3/h7-10,13-14,17H,4-6,11-12,18H2,1-3H3. The Kier molecular flexibility index (Phi) is 5.00. The van der Waals surface area contributed by atoms with Crippen LogP contribution < -0.4 is 5.73 Å². The third-order valence-corrected chi connectivity index (χ3v) is 4.75. The number of benzene rings is 1. The molecule has 0 aromatic heterocycles. The van der Waals surface area contributed by atoms with Crippen LogP contribution in [0.4, 0.5) is 0 Å². The predicted molar refractivity (Wildman–Crippen MR) is 82.2 cm³/mol. The van der Waals surface area contributed by atoms with Crippen molar-refractivity contribution in [3.05, 3.63) is 35.4 Å². The first-order valence-corrected chi connectivity index (χ1v) is 7.70. The Morgan fingerprint density at radius 3 is 2.58 bits per heavy atom. The van der Waals surface area contributed by atoms with Crippen LogP contribution in [0.3, 0.4) is 0 Å². The summed E-state index contributed by atoms with van der Waals surface area (Å²) in [5.41, 5.74) is 9.03. The highest BCUT2D eigenvalue weighted by atomic mass is 15.2. The maximum absolute atomic E-state index is 6.38. The van der Waals surface area contributed by atoms with Crippen LogP contribution in [0, 0.1) is 5.92 Å². The number of hydrogen-bond donors (Lipinski definition) is 1. The van der Waals surface area contributed by atoms with Gasteiger partial charge in [-0.25, -0.2) is 0 Å². The summed E-state index contributed by atoms with van der Waals surface area (Å²) in [7, 11) is 0. The van der Waals surface area contributed by atoms with Crippen molar-refractivity contribution in [3.63, 3.8) is 0 Å². The van der Waals surface area contributed by atoms with Crippen LogP contribution in [0.1, 0.15) is 50.8 Å². The summed E-state index contributed by atoms with van der Waals surface area (Å²) >= 11 is 0. The lowest BCUT2D eigenvalue weighted by Gasteiger charge is -2.39. The van der Waals surface area contributed by atoms with Gasteiger partial charge in [0.05, 0.1) is 0 Å². The molecule has 2 heteroatoms. The third-order valence-electron chi connectivity index (χ3n) is 4.75. The largest absolute Gasteiger partial charge is 0.323 e. The lowest BCUT2D eigenvalue weighted by Crippen LogP contribution is -2.45. The van der Waals surface area contributed by atoms with Crippen molar-refractivity contribution >= 4 is 0 Å². The van der Waals surface area contributed by atoms with Crippen molar-refractivity contribution in [3.8, 4) is 0 Å². The summed E-state index contributed by atoms with van der Waals surface area (Å²) in [6, 6.07) is 9.60. The molecule has 3 atom stereocenters. The Morgan fingerprint density at radius 2 is 1.95 bits per heavy atom. The van der Waals surface area contributed by atoms with Crippen LogP contribution in [-0.2, 0) is 6.42 Å². The zero-order chi connectivity index (χ0) is 13.8. The van der Waals surface area contributed by atoms with Gasteiger partial charge in [-0.1, -0.05) is 38.1 Å². The summed E-state index contributed by atoms with van der Waals surface area (Å²) in [5.74, 6) is 0.795. The fourth-order valence-corrected chi connectivity index (χ4v) is 3.04. The summed E-state index contributed by atoms with van der Waals surface area (Å²) in [6.45, 7) is 9.07. The Hall–Kier alpha value is -0.860. The highest BCUT2D eigenvalue weighted by Crippen LogP contribution is 2.24. The molecule has 2 nitrogen and oxygen atoms in total. The number of nitrogens with two attached hydrogens (primary N) is 1. The Labute approximate surface area is 118 Å². The molecule has 1 heterocycles. The highest BCUT2D eigenvalue weighted by Gasteiger charge is 2.25. The topological polar surface area (TPSA) is 29.3 Å². The number of piperidine rings is 1. The smallest absolute Gasteiger partial charge is 0.0424 e. The summed E-state index contributed by atoms with van der Waals surface area (Å²) in [6.07, 6.45) is 3.77. The normalized spacial score (nSPS) is 26.3. The average molecular weight is 260 g/mol. The fraction of sp³-hybridized carbons (Fsp3) is 0.647. The molecule has 2 N–H and O–H groups in total. The number of likely N-dealkylation sites (tertiary alicyclic amines) is 1. The molecular weight excluding hydrogens is 232 g/mol. The number of aryl methyl sites for hydroxylation is 1. The van der Waals surface area contributed by atoms with E-state index in [1.165, 1.54) is 30.5 Å². The van der Waals surface area contributed by atoms with E-state index >= 15 is 0 Å². The van der Waals surface area contributed by atoms with Gasteiger partial charge in [-0.3, -0.25) is 4.90 Å². The second-order valence-corrected chi connectivity index (χ2v) is 6.06. The molecule has 1 aromatic rings. The molecule has 1 saturated heterocycles. The Morgan fingerprint density at radius 1 is 1.26 bits per heavy atom. The van der Waals surface area contributed by atoms with Gasteiger partial charge in [-0.05, 0) is 49.8 Å². The molecule has 0 spiro atoms. The van der Waals surface area contributed by atoms with Crippen molar-refractivity contribution < 1.29 is 0 Å².